The molecular weight excluding hydrogens is 487 g/mol. The van der Waals surface area contributed by atoms with E-state index in [1.165, 1.54) is 27.5 Å². The summed E-state index contributed by atoms with van der Waals surface area (Å²) in [6.07, 6.45) is 1.35. The number of nitrogens with zero attached hydrogens (tertiary/aromatic N) is 2. The molecule has 1 N–H and O–H groups in total. The van der Waals surface area contributed by atoms with Crippen LogP contribution < -0.4 is 14.2 Å². The SMILES string of the molecule is COc1cc(-c2nc(C=Nc3cc(Cl)c(Cl)cc3Br)c(O)o2)cc(OC)c1OC. The second-order valence-electron chi connectivity index (χ2n) is 5.60. The van der Waals surface area contributed by atoms with Crippen molar-refractivity contribution >= 4 is 51.0 Å². The molecule has 0 saturated heterocycles. The Hall–Kier alpha value is -2.42. The van der Waals surface area contributed by atoms with Gasteiger partial charge in [-0.15, -0.1) is 0 Å². The Morgan fingerprint density at radius 3 is 2.24 bits per heavy atom. The van der Waals surface area contributed by atoms with Crippen LogP contribution >= 0.6 is 39.1 Å². The van der Waals surface area contributed by atoms with E-state index in [0.717, 1.165) is 0 Å². The fourth-order valence-corrected chi connectivity index (χ4v) is 3.38. The topological polar surface area (TPSA) is 86.3 Å². The fourth-order valence-electron chi connectivity index (χ4n) is 2.48. The zero-order valence-corrected chi connectivity index (χ0v) is 18.6. The summed E-state index contributed by atoms with van der Waals surface area (Å²) in [5, 5.41) is 10.9. The number of halogens is 3. The maximum absolute atomic E-state index is 10.1. The predicted molar refractivity (Wildman–Crippen MR) is 115 cm³/mol. The van der Waals surface area contributed by atoms with Gasteiger partial charge in [0.05, 0.1) is 43.3 Å². The average Bonchev–Trinajstić information content (AvgIpc) is 3.09. The molecule has 10 heteroatoms. The Bertz CT molecular complexity index is 1060. The Labute approximate surface area is 185 Å². The molecule has 152 valence electrons. The number of aliphatic imine (C=N–C) groups is 1. The van der Waals surface area contributed by atoms with Gasteiger partial charge in [0.15, 0.2) is 17.2 Å². The van der Waals surface area contributed by atoms with E-state index in [-0.39, 0.29) is 11.6 Å². The second kappa shape index (κ2) is 8.94. The molecule has 0 aliphatic heterocycles. The van der Waals surface area contributed by atoms with Crippen molar-refractivity contribution in [2.45, 2.75) is 0 Å². The number of aromatic nitrogens is 1. The molecule has 0 saturated carbocycles. The number of methoxy groups -OCH3 is 3. The number of benzene rings is 2. The van der Waals surface area contributed by atoms with Gasteiger partial charge in [0, 0.05) is 10.0 Å². The van der Waals surface area contributed by atoms with E-state index < -0.39 is 5.95 Å². The summed E-state index contributed by atoms with van der Waals surface area (Å²) >= 11 is 15.3. The Morgan fingerprint density at radius 1 is 1.03 bits per heavy atom. The van der Waals surface area contributed by atoms with Crippen LogP contribution in [-0.2, 0) is 0 Å². The number of rotatable bonds is 6. The lowest BCUT2D eigenvalue weighted by Gasteiger charge is -2.12. The molecule has 0 aliphatic rings. The summed E-state index contributed by atoms with van der Waals surface area (Å²) in [6, 6.07) is 6.52. The summed E-state index contributed by atoms with van der Waals surface area (Å²) in [6.45, 7) is 0. The number of ether oxygens (including phenoxy) is 3. The van der Waals surface area contributed by atoms with Gasteiger partial charge in [-0.1, -0.05) is 23.2 Å². The first-order valence-electron chi connectivity index (χ1n) is 8.06. The molecule has 0 bridgehead atoms. The third kappa shape index (κ3) is 4.44. The summed E-state index contributed by atoms with van der Waals surface area (Å²) in [7, 11) is 4.51. The van der Waals surface area contributed by atoms with E-state index in [4.69, 9.17) is 41.8 Å². The van der Waals surface area contributed by atoms with Crippen molar-refractivity contribution in [3.63, 3.8) is 0 Å². The fraction of sp³-hybridized carbons (Fsp3) is 0.158. The molecule has 29 heavy (non-hydrogen) atoms. The second-order valence-corrected chi connectivity index (χ2v) is 7.27. The van der Waals surface area contributed by atoms with Crippen LogP contribution in [0, 0.1) is 0 Å². The smallest absolute Gasteiger partial charge is 0.312 e. The van der Waals surface area contributed by atoms with Crippen LogP contribution in [0.3, 0.4) is 0 Å². The van der Waals surface area contributed by atoms with Gasteiger partial charge in [-0.05, 0) is 40.2 Å². The van der Waals surface area contributed by atoms with Crippen molar-refractivity contribution in [3.8, 4) is 34.6 Å². The minimum absolute atomic E-state index is 0.131. The minimum atomic E-state index is -0.395. The molecule has 3 aromatic rings. The highest BCUT2D eigenvalue weighted by atomic mass is 79.9. The zero-order chi connectivity index (χ0) is 21.1. The molecule has 0 atom stereocenters. The van der Waals surface area contributed by atoms with Gasteiger partial charge < -0.3 is 23.7 Å². The van der Waals surface area contributed by atoms with Crippen molar-refractivity contribution in [2.24, 2.45) is 4.99 Å². The molecule has 0 fully saturated rings. The van der Waals surface area contributed by atoms with Crippen LogP contribution in [0.1, 0.15) is 5.69 Å². The summed E-state index contributed by atoms with van der Waals surface area (Å²) in [4.78, 5) is 8.55. The van der Waals surface area contributed by atoms with Gasteiger partial charge in [-0.3, -0.25) is 4.99 Å². The lowest BCUT2D eigenvalue weighted by Crippen LogP contribution is -1.95. The molecule has 1 aromatic heterocycles. The third-order valence-corrected chi connectivity index (χ3v) is 5.22. The van der Waals surface area contributed by atoms with Gasteiger partial charge in [0.1, 0.15) is 0 Å². The first kappa shape index (κ1) is 21.3. The predicted octanol–water partition coefficient (Wildman–Crippen LogP) is 5.89. The lowest BCUT2D eigenvalue weighted by atomic mass is 10.2. The quantitative estimate of drug-likeness (QED) is 0.334. The molecule has 0 spiro atoms. The normalized spacial score (nSPS) is 11.1. The van der Waals surface area contributed by atoms with Crippen molar-refractivity contribution in [1.29, 1.82) is 0 Å². The van der Waals surface area contributed by atoms with Crippen LogP contribution in [0.4, 0.5) is 5.69 Å². The highest BCUT2D eigenvalue weighted by Gasteiger charge is 2.19. The van der Waals surface area contributed by atoms with Gasteiger partial charge in [-0.25, -0.2) is 4.98 Å². The number of oxazole rings is 1. The summed E-state index contributed by atoms with van der Waals surface area (Å²) in [5.74, 6) is 1.04. The Kier molecular flexibility index (Phi) is 6.56. The molecule has 1 heterocycles. The number of hydrogen-bond donors (Lipinski definition) is 1. The Balaban J connectivity index is 1.98. The highest BCUT2D eigenvalue weighted by Crippen LogP contribution is 2.41. The maximum Gasteiger partial charge on any atom is 0.312 e. The van der Waals surface area contributed by atoms with Crippen molar-refractivity contribution in [1.82, 2.24) is 4.98 Å². The zero-order valence-electron chi connectivity index (χ0n) is 15.5. The van der Waals surface area contributed by atoms with E-state index in [2.05, 4.69) is 25.9 Å². The van der Waals surface area contributed by atoms with Crippen LogP contribution in [0.5, 0.6) is 23.2 Å². The molecule has 3 rings (SSSR count). The van der Waals surface area contributed by atoms with E-state index in [1.807, 2.05) is 0 Å². The van der Waals surface area contributed by atoms with E-state index in [9.17, 15) is 5.11 Å². The van der Waals surface area contributed by atoms with Crippen molar-refractivity contribution in [3.05, 3.63) is 44.5 Å². The number of hydrogen-bond acceptors (Lipinski definition) is 7. The van der Waals surface area contributed by atoms with Gasteiger partial charge in [0.25, 0.3) is 0 Å². The molecule has 0 amide bonds. The highest BCUT2D eigenvalue weighted by molar-refractivity contribution is 9.10. The molecule has 2 aromatic carbocycles. The van der Waals surface area contributed by atoms with Crippen LogP contribution in [0.25, 0.3) is 11.5 Å². The average molecular weight is 502 g/mol. The monoisotopic (exact) mass is 500 g/mol. The molecule has 0 aliphatic carbocycles. The number of aromatic hydroxyl groups is 1. The molecule has 7 nitrogen and oxygen atoms in total. The molecular formula is C19H15BrCl2N2O5. The van der Waals surface area contributed by atoms with E-state index >= 15 is 0 Å². The molecule has 0 radical (unpaired) electrons. The van der Waals surface area contributed by atoms with Crippen LogP contribution in [0.2, 0.25) is 10.0 Å². The van der Waals surface area contributed by atoms with E-state index in [1.54, 1.807) is 24.3 Å². The minimum Gasteiger partial charge on any atom is -0.493 e. The first-order valence-corrected chi connectivity index (χ1v) is 9.61. The van der Waals surface area contributed by atoms with Gasteiger partial charge >= 0.3 is 5.95 Å². The van der Waals surface area contributed by atoms with Gasteiger partial charge in [0.2, 0.25) is 11.6 Å². The summed E-state index contributed by atoms with van der Waals surface area (Å²) in [5.41, 5.74) is 1.16. The lowest BCUT2D eigenvalue weighted by molar-refractivity contribution is 0.323. The Morgan fingerprint density at radius 2 is 1.66 bits per heavy atom. The van der Waals surface area contributed by atoms with Crippen molar-refractivity contribution in [2.75, 3.05) is 21.3 Å². The van der Waals surface area contributed by atoms with Crippen LogP contribution in [-0.4, -0.2) is 37.6 Å². The summed E-state index contributed by atoms with van der Waals surface area (Å²) < 4.78 is 22.0. The molecule has 0 unspecified atom stereocenters. The maximum atomic E-state index is 10.1. The largest absolute Gasteiger partial charge is 0.493 e. The van der Waals surface area contributed by atoms with E-state index in [0.29, 0.717) is 43.0 Å². The standard InChI is InChI=1S/C19H15BrCl2N2O5/c1-26-15-4-9(5-16(27-2)17(15)28-3)18-24-14(19(25)29-18)8-23-13-7-12(22)11(21)6-10(13)20/h4-8,25H,1-3H3. The van der Waals surface area contributed by atoms with Crippen LogP contribution in [0.15, 0.2) is 38.1 Å². The first-order chi connectivity index (χ1) is 13.9. The van der Waals surface area contributed by atoms with Gasteiger partial charge in [-0.2, -0.15) is 0 Å². The van der Waals surface area contributed by atoms with Crippen molar-refractivity contribution < 1.29 is 23.7 Å². The third-order valence-electron chi connectivity index (χ3n) is 3.86.